The van der Waals surface area contributed by atoms with Gasteiger partial charge in [-0.2, -0.15) is 10.1 Å². The Kier molecular flexibility index (Phi) is 9.83. The fourth-order valence-corrected chi connectivity index (χ4v) is 5.45. The third kappa shape index (κ3) is 8.23. The third-order valence-corrected chi connectivity index (χ3v) is 9.00. The maximum atomic E-state index is 6.34. The number of aromatic nitrogens is 5. The predicted molar refractivity (Wildman–Crippen MR) is 167 cm³/mol. The number of pyridine rings is 1. The minimum atomic E-state index is -1.20. The molecule has 4 aromatic rings. The summed E-state index contributed by atoms with van der Waals surface area (Å²) >= 11 is 6.34. The standard InChI is InChI=1S/C29H39ClN8O2Si/c1-41(2,3)18-17-40-21-38-28-23(20-33-29(35-28)31-11-12-37-13-15-39-16-14-37)27(36-38)25-9-6-10-26(34-25)32-19-22-7-4-5-8-24(22)30/h4-10,20H,11-19,21H2,1-3H3,(H,32,34)(H,31,33,35). The van der Waals surface area contributed by atoms with Crippen LogP contribution in [-0.2, 0) is 22.7 Å². The molecule has 0 amide bonds. The Labute approximate surface area is 247 Å². The Morgan fingerprint density at radius 3 is 2.66 bits per heavy atom. The zero-order chi connectivity index (χ0) is 28.7. The number of hydrogen-bond acceptors (Lipinski definition) is 9. The summed E-state index contributed by atoms with van der Waals surface area (Å²) in [6, 6.07) is 14.7. The number of morpholine rings is 1. The molecule has 0 unspecified atom stereocenters. The van der Waals surface area contributed by atoms with E-state index in [2.05, 4.69) is 40.2 Å². The van der Waals surface area contributed by atoms with Crippen molar-refractivity contribution in [2.75, 3.05) is 56.6 Å². The van der Waals surface area contributed by atoms with Gasteiger partial charge < -0.3 is 20.1 Å². The van der Waals surface area contributed by atoms with E-state index in [0.29, 0.717) is 31.5 Å². The second-order valence-electron chi connectivity index (χ2n) is 11.4. The van der Waals surface area contributed by atoms with Crippen LogP contribution in [0.1, 0.15) is 5.56 Å². The molecular weight excluding hydrogens is 556 g/mol. The molecule has 41 heavy (non-hydrogen) atoms. The Morgan fingerprint density at radius 1 is 1.02 bits per heavy atom. The highest BCUT2D eigenvalue weighted by atomic mass is 35.5. The van der Waals surface area contributed by atoms with Crippen LogP contribution in [-0.4, -0.2) is 83.7 Å². The number of ether oxygens (including phenoxy) is 2. The maximum absolute atomic E-state index is 6.34. The van der Waals surface area contributed by atoms with Gasteiger partial charge in [0.2, 0.25) is 5.95 Å². The molecule has 0 spiro atoms. The average molecular weight is 595 g/mol. The largest absolute Gasteiger partial charge is 0.379 e. The molecule has 4 heterocycles. The summed E-state index contributed by atoms with van der Waals surface area (Å²) in [5.41, 5.74) is 3.17. The van der Waals surface area contributed by atoms with Crippen LogP contribution in [0.2, 0.25) is 30.7 Å². The van der Waals surface area contributed by atoms with Crippen molar-refractivity contribution in [1.29, 1.82) is 0 Å². The van der Waals surface area contributed by atoms with Crippen molar-refractivity contribution in [3.05, 3.63) is 59.2 Å². The predicted octanol–water partition coefficient (Wildman–Crippen LogP) is 5.21. The number of anilines is 2. The van der Waals surface area contributed by atoms with Gasteiger partial charge in [-0.05, 0) is 29.8 Å². The minimum Gasteiger partial charge on any atom is -0.379 e. The molecule has 0 saturated carbocycles. The first-order valence-electron chi connectivity index (χ1n) is 14.2. The van der Waals surface area contributed by atoms with Crippen LogP contribution in [0.15, 0.2) is 48.7 Å². The molecule has 5 rings (SSSR count). The zero-order valence-electron chi connectivity index (χ0n) is 24.1. The van der Waals surface area contributed by atoms with E-state index in [1.165, 1.54) is 0 Å². The first-order valence-corrected chi connectivity index (χ1v) is 18.2. The summed E-state index contributed by atoms with van der Waals surface area (Å²) in [5, 5.41) is 13.2. The van der Waals surface area contributed by atoms with Crippen LogP contribution in [0, 0.1) is 0 Å². The van der Waals surface area contributed by atoms with Crippen molar-refractivity contribution in [2.24, 2.45) is 0 Å². The minimum absolute atomic E-state index is 0.315. The molecule has 1 aliphatic rings. The molecule has 10 nitrogen and oxygen atoms in total. The topological polar surface area (TPSA) is 102 Å². The Morgan fingerprint density at radius 2 is 1.85 bits per heavy atom. The number of nitrogens with one attached hydrogen (secondary N) is 2. The first kappa shape index (κ1) is 29.4. The van der Waals surface area contributed by atoms with E-state index in [-0.39, 0.29) is 0 Å². The molecule has 218 valence electrons. The summed E-state index contributed by atoms with van der Waals surface area (Å²) in [6.07, 6.45) is 1.83. The van der Waals surface area contributed by atoms with Crippen molar-refractivity contribution in [2.45, 2.75) is 39.0 Å². The van der Waals surface area contributed by atoms with E-state index in [9.17, 15) is 0 Å². The van der Waals surface area contributed by atoms with Crippen molar-refractivity contribution < 1.29 is 9.47 Å². The molecule has 2 N–H and O–H groups in total. The van der Waals surface area contributed by atoms with Crippen molar-refractivity contribution in [3.63, 3.8) is 0 Å². The Bertz CT molecular complexity index is 1440. The summed E-state index contributed by atoms with van der Waals surface area (Å²) in [6.45, 7) is 13.7. The summed E-state index contributed by atoms with van der Waals surface area (Å²) in [4.78, 5) is 16.7. The van der Waals surface area contributed by atoms with Crippen LogP contribution in [0.3, 0.4) is 0 Å². The number of benzene rings is 1. The molecule has 1 aromatic carbocycles. The highest BCUT2D eigenvalue weighted by molar-refractivity contribution is 6.76. The first-order chi connectivity index (χ1) is 19.9. The second-order valence-corrected chi connectivity index (χ2v) is 17.4. The molecule has 3 aromatic heterocycles. The van der Waals surface area contributed by atoms with Crippen LogP contribution in [0.4, 0.5) is 11.8 Å². The lowest BCUT2D eigenvalue weighted by atomic mass is 10.2. The summed E-state index contributed by atoms with van der Waals surface area (Å²) in [5.74, 6) is 1.31. The second kappa shape index (κ2) is 13.7. The van der Waals surface area contributed by atoms with E-state index in [0.717, 1.165) is 78.6 Å². The van der Waals surface area contributed by atoms with Gasteiger partial charge in [-0.15, -0.1) is 0 Å². The van der Waals surface area contributed by atoms with E-state index in [1.54, 1.807) is 0 Å². The number of hydrogen-bond donors (Lipinski definition) is 2. The molecule has 1 aliphatic heterocycles. The third-order valence-electron chi connectivity index (χ3n) is 6.92. The molecule has 12 heteroatoms. The highest BCUT2D eigenvalue weighted by Crippen LogP contribution is 2.27. The molecule has 1 saturated heterocycles. The maximum Gasteiger partial charge on any atom is 0.224 e. The van der Waals surface area contributed by atoms with Crippen LogP contribution in [0.25, 0.3) is 22.4 Å². The lowest BCUT2D eigenvalue weighted by Crippen LogP contribution is -2.39. The number of fused-ring (bicyclic) bond motifs is 1. The monoisotopic (exact) mass is 594 g/mol. The summed E-state index contributed by atoms with van der Waals surface area (Å²) < 4.78 is 13.3. The van der Waals surface area contributed by atoms with Gasteiger partial charge in [0, 0.05) is 58.6 Å². The van der Waals surface area contributed by atoms with Crippen molar-refractivity contribution in [1.82, 2.24) is 29.6 Å². The highest BCUT2D eigenvalue weighted by Gasteiger charge is 2.18. The fourth-order valence-electron chi connectivity index (χ4n) is 4.50. The van der Waals surface area contributed by atoms with Crippen LogP contribution >= 0.6 is 11.6 Å². The van der Waals surface area contributed by atoms with E-state index in [1.807, 2.05) is 53.3 Å². The lowest BCUT2D eigenvalue weighted by molar-refractivity contribution is 0.0398. The van der Waals surface area contributed by atoms with Gasteiger partial charge in [-0.3, -0.25) is 4.90 Å². The van der Waals surface area contributed by atoms with Gasteiger partial charge in [-0.1, -0.05) is 55.5 Å². The van der Waals surface area contributed by atoms with Crippen molar-refractivity contribution >= 4 is 42.5 Å². The Balaban J connectivity index is 1.35. The molecular formula is C29H39ClN8O2Si. The Hall–Kier alpha value is -3.09. The van der Waals surface area contributed by atoms with E-state index < -0.39 is 8.07 Å². The fraction of sp³-hybridized carbons (Fsp3) is 0.448. The smallest absolute Gasteiger partial charge is 0.224 e. The molecule has 1 fully saturated rings. The van der Waals surface area contributed by atoms with E-state index >= 15 is 0 Å². The van der Waals surface area contributed by atoms with Crippen LogP contribution in [0.5, 0.6) is 0 Å². The molecule has 0 radical (unpaired) electrons. The van der Waals surface area contributed by atoms with Gasteiger partial charge in [0.25, 0.3) is 0 Å². The number of nitrogens with zero attached hydrogens (tertiary/aromatic N) is 6. The molecule has 0 aliphatic carbocycles. The molecule has 0 atom stereocenters. The van der Waals surface area contributed by atoms with Gasteiger partial charge in [-0.25, -0.2) is 14.6 Å². The SMILES string of the molecule is C[Si](C)(C)CCOCn1nc(-c2cccc(NCc3ccccc3Cl)n2)c2cnc(NCCN3CCOCC3)nc21. The average Bonchev–Trinajstić information content (AvgIpc) is 3.33. The lowest BCUT2D eigenvalue weighted by Gasteiger charge is -2.26. The van der Waals surface area contributed by atoms with Gasteiger partial charge in [0.1, 0.15) is 18.2 Å². The van der Waals surface area contributed by atoms with Crippen LogP contribution < -0.4 is 10.6 Å². The van der Waals surface area contributed by atoms with Gasteiger partial charge >= 0.3 is 0 Å². The van der Waals surface area contributed by atoms with Gasteiger partial charge in [0.05, 0.1) is 24.3 Å². The zero-order valence-corrected chi connectivity index (χ0v) is 25.8. The quantitative estimate of drug-likeness (QED) is 0.159. The van der Waals surface area contributed by atoms with E-state index in [4.69, 9.17) is 36.1 Å². The number of halogens is 1. The van der Waals surface area contributed by atoms with Crippen molar-refractivity contribution in [3.8, 4) is 11.4 Å². The summed E-state index contributed by atoms with van der Waals surface area (Å²) in [7, 11) is -1.20. The number of rotatable bonds is 13. The normalized spacial score (nSPS) is 14.4. The molecule has 0 bridgehead atoms. The van der Waals surface area contributed by atoms with Gasteiger partial charge in [0.15, 0.2) is 5.65 Å².